The van der Waals surface area contributed by atoms with Crippen LogP contribution in [0.4, 0.5) is 0 Å². The van der Waals surface area contributed by atoms with Gasteiger partial charge in [0.15, 0.2) is 0 Å². The van der Waals surface area contributed by atoms with E-state index in [0.717, 1.165) is 0 Å². The molecule has 0 saturated carbocycles. The van der Waals surface area contributed by atoms with Crippen LogP contribution in [0.5, 0.6) is 0 Å². The first kappa shape index (κ1) is 6.13. The molecule has 0 aliphatic heterocycles. The Labute approximate surface area is 42.0 Å². The molecule has 0 spiro atoms. The molecule has 0 aliphatic carbocycles. The summed E-state index contributed by atoms with van der Waals surface area (Å²) in [5.41, 5.74) is 0. The largest absolute Gasteiger partial charge is 0.102 e. The molecule has 0 heterocycles. The zero-order valence-corrected chi connectivity index (χ0v) is 4.65. The molecular formula is C4H9B2. The third kappa shape index (κ3) is 4.13. The van der Waals surface area contributed by atoms with E-state index < -0.39 is 0 Å². The van der Waals surface area contributed by atoms with Gasteiger partial charge in [-0.1, -0.05) is 25.9 Å². The predicted molar refractivity (Wildman–Crippen MR) is 31.4 cm³/mol. The molecule has 0 fully saturated rings. The molecule has 0 rings (SSSR count). The van der Waals surface area contributed by atoms with Crippen molar-refractivity contribution >= 4 is 15.1 Å². The highest BCUT2D eigenvalue weighted by molar-refractivity contribution is 6.52. The Kier molecular flexibility index (Phi) is 1.76. The van der Waals surface area contributed by atoms with Gasteiger partial charge in [0.05, 0.1) is 7.85 Å². The summed E-state index contributed by atoms with van der Waals surface area (Å²) >= 11 is 0. The Morgan fingerprint density at radius 2 is 1.67 bits per heavy atom. The van der Waals surface area contributed by atoms with Crippen LogP contribution in [0.1, 0.15) is 13.8 Å². The standard InChI is InChI=1S/C4H9B2/c1-4(2,5)6-3/h1-3H3. The summed E-state index contributed by atoms with van der Waals surface area (Å²) in [4.78, 5) is 0. The predicted octanol–water partition coefficient (Wildman–Crippen LogP) is 1.06. The van der Waals surface area contributed by atoms with Crippen molar-refractivity contribution in [2.24, 2.45) is 0 Å². The fourth-order valence-electron chi connectivity index (χ4n) is 0. The van der Waals surface area contributed by atoms with Crippen molar-refractivity contribution in [2.45, 2.75) is 25.9 Å². The Morgan fingerprint density at radius 1 is 1.50 bits per heavy atom. The molecule has 0 aliphatic rings. The van der Waals surface area contributed by atoms with Gasteiger partial charge < -0.3 is 0 Å². The van der Waals surface area contributed by atoms with Gasteiger partial charge in [0.1, 0.15) is 7.28 Å². The van der Waals surface area contributed by atoms with Crippen LogP contribution in [0.15, 0.2) is 0 Å². The quantitative estimate of drug-likeness (QED) is 0.412. The fraction of sp³-hybridized carbons (Fsp3) is 1.00. The third-order valence-electron chi connectivity index (χ3n) is 0.744. The van der Waals surface area contributed by atoms with Crippen molar-refractivity contribution in [3.63, 3.8) is 0 Å². The molecule has 0 nitrogen and oxygen atoms in total. The van der Waals surface area contributed by atoms with Crippen LogP contribution in [0.2, 0.25) is 12.0 Å². The molecule has 0 atom stereocenters. The maximum absolute atomic E-state index is 5.48. The summed E-state index contributed by atoms with van der Waals surface area (Å²) in [7, 11) is 7.44. The summed E-state index contributed by atoms with van der Waals surface area (Å²) in [6, 6.07) is 0. The van der Waals surface area contributed by atoms with E-state index in [9.17, 15) is 0 Å². The monoisotopic (exact) mass is 79.1 g/mol. The van der Waals surface area contributed by atoms with E-state index in [1.165, 1.54) is 0 Å². The van der Waals surface area contributed by atoms with Crippen LogP contribution in [0, 0.1) is 0 Å². The molecule has 6 heavy (non-hydrogen) atoms. The van der Waals surface area contributed by atoms with Gasteiger partial charge in [-0.3, -0.25) is 0 Å². The second-order valence-corrected chi connectivity index (χ2v) is 2.11. The maximum Gasteiger partial charge on any atom is 0.102 e. The van der Waals surface area contributed by atoms with Gasteiger partial charge in [0, 0.05) is 0 Å². The minimum atomic E-state index is -0.0833. The van der Waals surface area contributed by atoms with E-state index in [2.05, 4.69) is 0 Å². The van der Waals surface area contributed by atoms with Gasteiger partial charge in [-0.2, -0.15) is 0 Å². The molecule has 2 heteroatoms. The fourth-order valence-corrected chi connectivity index (χ4v) is 0. The molecule has 0 aromatic carbocycles. The third-order valence-corrected chi connectivity index (χ3v) is 0.744. The minimum Gasteiger partial charge on any atom is -0.0968 e. The lowest BCUT2D eigenvalue weighted by molar-refractivity contribution is 0.956. The Hall–Kier alpha value is 0.130. The average Bonchev–Trinajstić information content (AvgIpc) is 1.35. The Morgan fingerprint density at radius 3 is 1.67 bits per heavy atom. The van der Waals surface area contributed by atoms with E-state index in [-0.39, 0.29) is 5.21 Å². The first-order valence-corrected chi connectivity index (χ1v) is 2.15. The zero-order valence-electron chi connectivity index (χ0n) is 4.65. The number of hydrogen-bond donors (Lipinski definition) is 0. The molecule has 0 aromatic heterocycles. The topological polar surface area (TPSA) is 0 Å². The van der Waals surface area contributed by atoms with Crippen LogP contribution in [-0.4, -0.2) is 15.1 Å². The summed E-state index contributed by atoms with van der Waals surface area (Å²) in [5.74, 6) is 0. The Balaban J connectivity index is 3.17. The Bertz CT molecular complexity index is 35.3. The van der Waals surface area contributed by atoms with Crippen LogP contribution in [-0.2, 0) is 0 Å². The SMILES string of the molecule is [B]C(C)(C)[B]C. The molecule has 3 radical (unpaired) electrons. The summed E-state index contributed by atoms with van der Waals surface area (Å²) in [6.45, 7) is 5.89. The molecule has 0 aromatic rings. The van der Waals surface area contributed by atoms with Crippen LogP contribution >= 0.6 is 0 Å². The second kappa shape index (κ2) is 1.72. The molecule has 31 valence electrons. The molecule has 0 bridgehead atoms. The smallest absolute Gasteiger partial charge is 0.0968 e. The van der Waals surface area contributed by atoms with Gasteiger partial charge in [-0.05, 0) is 0 Å². The summed E-state index contributed by atoms with van der Waals surface area (Å²) < 4.78 is 0. The normalized spacial score (nSPS) is 11.2. The lowest BCUT2D eigenvalue weighted by atomic mass is 9.46. The van der Waals surface area contributed by atoms with Crippen LogP contribution in [0.25, 0.3) is 0 Å². The highest BCUT2D eigenvalue weighted by atomic mass is 13.8. The highest BCUT2D eigenvalue weighted by Gasteiger charge is 2.04. The van der Waals surface area contributed by atoms with E-state index >= 15 is 0 Å². The van der Waals surface area contributed by atoms with Crippen molar-refractivity contribution in [3.05, 3.63) is 0 Å². The van der Waals surface area contributed by atoms with Gasteiger partial charge in [0.25, 0.3) is 0 Å². The van der Waals surface area contributed by atoms with Crippen molar-refractivity contribution in [1.29, 1.82) is 0 Å². The van der Waals surface area contributed by atoms with E-state index in [4.69, 9.17) is 7.85 Å². The molecular weight excluding hydrogens is 69.7 g/mol. The lowest BCUT2D eigenvalue weighted by Gasteiger charge is -2.11. The minimum absolute atomic E-state index is 0.0833. The van der Waals surface area contributed by atoms with Crippen molar-refractivity contribution in [2.75, 3.05) is 0 Å². The highest BCUT2D eigenvalue weighted by Crippen LogP contribution is 2.13. The van der Waals surface area contributed by atoms with Crippen LogP contribution in [0.3, 0.4) is 0 Å². The van der Waals surface area contributed by atoms with Gasteiger partial charge in [0.2, 0.25) is 0 Å². The van der Waals surface area contributed by atoms with Gasteiger partial charge in [-0.25, -0.2) is 0 Å². The van der Waals surface area contributed by atoms with E-state index in [0.29, 0.717) is 0 Å². The molecule has 0 saturated heterocycles. The van der Waals surface area contributed by atoms with Crippen molar-refractivity contribution in [1.82, 2.24) is 0 Å². The van der Waals surface area contributed by atoms with Crippen LogP contribution < -0.4 is 0 Å². The molecule has 0 unspecified atom stereocenters. The average molecular weight is 78.7 g/mol. The number of rotatable bonds is 1. The molecule has 0 N–H and O–H groups in total. The lowest BCUT2D eigenvalue weighted by Crippen LogP contribution is -2.07. The van der Waals surface area contributed by atoms with Crippen molar-refractivity contribution < 1.29 is 0 Å². The zero-order chi connectivity index (χ0) is 5.21. The first-order chi connectivity index (χ1) is 2.56. The van der Waals surface area contributed by atoms with E-state index in [1.54, 1.807) is 0 Å². The summed E-state index contributed by atoms with van der Waals surface area (Å²) in [5, 5.41) is -0.0833. The maximum atomic E-state index is 5.48. The molecule has 0 amide bonds. The first-order valence-electron chi connectivity index (χ1n) is 2.15. The van der Waals surface area contributed by atoms with Gasteiger partial charge in [-0.15, -0.1) is 0 Å². The van der Waals surface area contributed by atoms with Gasteiger partial charge >= 0.3 is 0 Å². The summed E-state index contributed by atoms with van der Waals surface area (Å²) in [6.07, 6.45) is 0. The second-order valence-electron chi connectivity index (χ2n) is 2.11. The van der Waals surface area contributed by atoms with E-state index in [1.807, 2.05) is 28.0 Å². The number of hydrogen-bond acceptors (Lipinski definition) is 0. The van der Waals surface area contributed by atoms with Crippen molar-refractivity contribution in [3.8, 4) is 0 Å².